The highest BCUT2D eigenvalue weighted by atomic mass is 19.1. The van der Waals surface area contributed by atoms with E-state index in [0.29, 0.717) is 18.5 Å². The molecule has 0 heterocycles. The Labute approximate surface area is 76.3 Å². The average molecular weight is 181 g/mol. The Morgan fingerprint density at radius 1 is 1.31 bits per heavy atom. The lowest BCUT2D eigenvalue weighted by atomic mass is 10.1. The van der Waals surface area contributed by atoms with Crippen molar-refractivity contribution in [3.05, 3.63) is 35.6 Å². The van der Waals surface area contributed by atoms with Crippen LogP contribution in [0.2, 0.25) is 0 Å². The molecule has 0 aromatic heterocycles. The lowest BCUT2D eigenvalue weighted by Crippen LogP contribution is -2.23. The third-order valence-electron chi connectivity index (χ3n) is 1.63. The van der Waals surface area contributed by atoms with Crippen molar-refractivity contribution in [1.82, 2.24) is 0 Å². The number of nitrogens with two attached hydrogens (primary N) is 2. The molecule has 0 saturated carbocycles. The molecule has 1 aromatic rings. The van der Waals surface area contributed by atoms with Gasteiger partial charge in [0, 0.05) is 6.54 Å². The van der Waals surface area contributed by atoms with E-state index in [4.69, 9.17) is 11.5 Å². The molecule has 0 aliphatic heterocycles. The van der Waals surface area contributed by atoms with Crippen molar-refractivity contribution in [3.63, 3.8) is 0 Å². The van der Waals surface area contributed by atoms with Gasteiger partial charge in [-0.05, 0) is 18.1 Å². The number of halogens is 1. The molecular weight excluding hydrogens is 169 g/mol. The molecule has 3 nitrogen and oxygen atoms in total. The lowest BCUT2D eigenvalue weighted by molar-refractivity contribution is 0.609. The zero-order valence-electron chi connectivity index (χ0n) is 7.20. The SMILES string of the molecule is NC(N)=NCCc1ccccc1F. The molecule has 0 bridgehead atoms. The number of aliphatic imine (C=N–C) groups is 1. The van der Waals surface area contributed by atoms with Crippen molar-refractivity contribution in [2.75, 3.05) is 6.54 Å². The quantitative estimate of drug-likeness (QED) is 0.531. The normalized spacial score (nSPS) is 9.62. The molecular formula is C9H12FN3. The van der Waals surface area contributed by atoms with Crippen LogP contribution >= 0.6 is 0 Å². The second-order valence-corrected chi connectivity index (χ2v) is 2.65. The van der Waals surface area contributed by atoms with Gasteiger partial charge in [0.15, 0.2) is 5.96 Å². The standard InChI is InChI=1S/C9H12FN3/c10-8-4-2-1-3-7(8)5-6-13-9(11)12/h1-4H,5-6H2,(H4,11,12,13). The summed E-state index contributed by atoms with van der Waals surface area (Å²) >= 11 is 0. The van der Waals surface area contributed by atoms with Crippen LogP contribution in [0.1, 0.15) is 5.56 Å². The Kier molecular flexibility index (Phi) is 3.25. The molecule has 4 N–H and O–H groups in total. The van der Waals surface area contributed by atoms with Crippen molar-refractivity contribution in [2.45, 2.75) is 6.42 Å². The summed E-state index contributed by atoms with van der Waals surface area (Å²) in [4.78, 5) is 3.77. The number of benzene rings is 1. The van der Waals surface area contributed by atoms with Gasteiger partial charge in [0.1, 0.15) is 5.82 Å². The molecule has 0 radical (unpaired) electrons. The summed E-state index contributed by atoms with van der Waals surface area (Å²) in [5, 5.41) is 0. The second-order valence-electron chi connectivity index (χ2n) is 2.65. The Morgan fingerprint density at radius 3 is 2.62 bits per heavy atom. The summed E-state index contributed by atoms with van der Waals surface area (Å²) in [5.74, 6) is -0.176. The van der Waals surface area contributed by atoms with Crippen LogP contribution in [-0.2, 0) is 6.42 Å². The smallest absolute Gasteiger partial charge is 0.185 e. The summed E-state index contributed by atoms with van der Waals surface area (Å²) in [5.41, 5.74) is 10.9. The third kappa shape index (κ3) is 3.11. The Bertz CT molecular complexity index is 305. The van der Waals surface area contributed by atoms with Crippen LogP contribution in [0.5, 0.6) is 0 Å². The van der Waals surface area contributed by atoms with Crippen LogP contribution in [-0.4, -0.2) is 12.5 Å². The van der Waals surface area contributed by atoms with Gasteiger partial charge in [-0.15, -0.1) is 0 Å². The molecule has 70 valence electrons. The fourth-order valence-electron chi connectivity index (χ4n) is 1.01. The van der Waals surface area contributed by atoms with Gasteiger partial charge in [0.25, 0.3) is 0 Å². The monoisotopic (exact) mass is 181 g/mol. The summed E-state index contributed by atoms with van der Waals surface area (Å²) in [6.07, 6.45) is 0.518. The van der Waals surface area contributed by atoms with Crippen molar-refractivity contribution in [1.29, 1.82) is 0 Å². The van der Waals surface area contributed by atoms with Crippen LogP contribution in [0.25, 0.3) is 0 Å². The molecule has 0 unspecified atom stereocenters. The first-order valence-electron chi connectivity index (χ1n) is 3.99. The van der Waals surface area contributed by atoms with E-state index >= 15 is 0 Å². The molecule has 13 heavy (non-hydrogen) atoms. The second kappa shape index (κ2) is 4.45. The van der Waals surface area contributed by atoms with Crippen molar-refractivity contribution in [2.24, 2.45) is 16.5 Å². The average Bonchev–Trinajstić information content (AvgIpc) is 2.08. The maximum Gasteiger partial charge on any atom is 0.185 e. The number of guanidine groups is 1. The van der Waals surface area contributed by atoms with Crippen molar-refractivity contribution >= 4 is 5.96 Å². The molecule has 0 saturated heterocycles. The molecule has 0 aliphatic carbocycles. The first kappa shape index (κ1) is 9.51. The van der Waals surface area contributed by atoms with E-state index in [1.165, 1.54) is 6.07 Å². The van der Waals surface area contributed by atoms with Crippen LogP contribution in [0.4, 0.5) is 4.39 Å². The van der Waals surface area contributed by atoms with Crippen molar-refractivity contribution in [3.8, 4) is 0 Å². The minimum atomic E-state index is -0.215. The zero-order chi connectivity index (χ0) is 9.68. The van der Waals surface area contributed by atoms with E-state index in [1.807, 2.05) is 0 Å². The van der Waals surface area contributed by atoms with E-state index < -0.39 is 0 Å². The number of nitrogens with zero attached hydrogens (tertiary/aromatic N) is 1. The number of hydrogen-bond donors (Lipinski definition) is 2. The van der Waals surface area contributed by atoms with Gasteiger partial charge in [-0.1, -0.05) is 18.2 Å². The minimum absolute atomic E-state index is 0.0383. The van der Waals surface area contributed by atoms with Crippen LogP contribution in [0.3, 0.4) is 0 Å². The number of hydrogen-bond acceptors (Lipinski definition) is 1. The lowest BCUT2D eigenvalue weighted by Gasteiger charge is -1.99. The molecule has 1 rings (SSSR count). The highest BCUT2D eigenvalue weighted by Gasteiger charge is 1.98. The molecule has 0 atom stereocenters. The van der Waals surface area contributed by atoms with E-state index in [-0.39, 0.29) is 11.8 Å². The van der Waals surface area contributed by atoms with E-state index in [1.54, 1.807) is 18.2 Å². The highest BCUT2D eigenvalue weighted by molar-refractivity contribution is 5.75. The first-order valence-corrected chi connectivity index (χ1v) is 3.99. The maximum atomic E-state index is 13.0. The Balaban J connectivity index is 2.55. The molecule has 1 aromatic carbocycles. The van der Waals surface area contributed by atoms with Gasteiger partial charge < -0.3 is 11.5 Å². The molecule has 0 amide bonds. The summed E-state index contributed by atoms with van der Waals surface area (Å²) in [6.45, 7) is 0.420. The Morgan fingerprint density at radius 2 is 2.00 bits per heavy atom. The van der Waals surface area contributed by atoms with Gasteiger partial charge in [-0.25, -0.2) is 4.39 Å². The first-order chi connectivity index (χ1) is 6.20. The highest BCUT2D eigenvalue weighted by Crippen LogP contribution is 2.06. The van der Waals surface area contributed by atoms with Gasteiger partial charge in [0.2, 0.25) is 0 Å². The zero-order valence-corrected chi connectivity index (χ0v) is 7.20. The summed E-state index contributed by atoms with van der Waals surface area (Å²) in [7, 11) is 0. The van der Waals surface area contributed by atoms with Gasteiger partial charge in [0.05, 0.1) is 0 Å². The summed E-state index contributed by atoms with van der Waals surface area (Å²) in [6, 6.07) is 6.58. The molecule has 0 aliphatic rings. The fraction of sp³-hybridized carbons (Fsp3) is 0.222. The predicted molar refractivity (Wildman–Crippen MR) is 50.8 cm³/mol. The third-order valence-corrected chi connectivity index (χ3v) is 1.63. The van der Waals surface area contributed by atoms with Crippen LogP contribution < -0.4 is 11.5 Å². The van der Waals surface area contributed by atoms with Crippen LogP contribution in [0, 0.1) is 5.82 Å². The molecule has 4 heteroatoms. The van der Waals surface area contributed by atoms with Gasteiger partial charge >= 0.3 is 0 Å². The minimum Gasteiger partial charge on any atom is -0.370 e. The van der Waals surface area contributed by atoms with E-state index in [0.717, 1.165) is 0 Å². The maximum absolute atomic E-state index is 13.0. The molecule has 0 spiro atoms. The Hall–Kier alpha value is -1.58. The van der Waals surface area contributed by atoms with E-state index in [2.05, 4.69) is 4.99 Å². The number of rotatable bonds is 3. The van der Waals surface area contributed by atoms with Crippen LogP contribution in [0.15, 0.2) is 29.3 Å². The van der Waals surface area contributed by atoms with Gasteiger partial charge in [-0.2, -0.15) is 0 Å². The fourth-order valence-corrected chi connectivity index (χ4v) is 1.01. The van der Waals surface area contributed by atoms with Crippen molar-refractivity contribution < 1.29 is 4.39 Å². The predicted octanol–water partition coefficient (Wildman–Crippen LogP) is 0.642. The topological polar surface area (TPSA) is 64.4 Å². The summed E-state index contributed by atoms with van der Waals surface area (Å²) < 4.78 is 13.0. The van der Waals surface area contributed by atoms with E-state index in [9.17, 15) is 4.39 Å². The van der Waals surface area contributed by atoms with Gasteiger partial charge in [-0.3, -0.25) is 4.99 Å². The molecule has 0 fully saturated rings. The largest absolute Gasteiger partial charge is 0.370 e.